The van der Waals surface area contributed by atoms with Crippen molar-refractivity contribution in [2.75, 3.05) is 0 Å². The molecule has 0 saturated carbocycles. The number of hydrogen-bond donors (Lipinski definition) is 2. The summed E-state index contributed by atoms with van der Waals surface area (Å²) in [6, 6.07) is 1.25. The first-order valence-corrected chi connectivity index (χ1v) is 6.34. The van der Waals surface area contributed by atoms with Crippen LogP contribution in [0.2, 0.25) is 0 Å². The zero-order chi connectivity index (χ0) is 14.7. The number of halogens is 2. The van der Waals surface area contributed by atoms with E-state index in [9.17, 15) is 19.0 Å². The Morgan fingerprint density at radius 2 is 2.10 bits per heavy atom. The highest BCUT2D eigenvalue weighted by Gasteiger charge is 2.42. The number of aromatic nitrogens is 3. The Labute approximate surface area is 113 Å². The van der Waals surface area contributed by atoms with Gasteiger partial charge in [-0.25, -0.2) is 18.3 Å². The largest absolute Gasteiger partial charge is 0.368 e. The van der Waals surface area contributed by atoms with Crippen molar-refractivity contribution in [2.45, 2.75) is 44.3 Å². The molecule has 2 heterocycles. The molecular weight excluding hydrogens is 268 g/mol. The molecule has 108 valence electrons. The Hall–Kier alpha value is -1.60. The first-order chi connectivity index (χ1) is 9.31. The minimum Gasteiger partial charge on any atom is -0.368 e. The second kappa shape index (κ2) is 4.20. The molecule has 0 radical (unpaired) electrons. The molecule has 1 atom stereocenters. The number of alkyl halides is 2. The highest BCUT2D eigenvalue weighted by molar-refractivity contribution is 5.47. The van der Waals surface area contributed by atoms with E-state index in [0.717, 1.165) is 0 Å². The number of hydrogen-bond acceptors (Lipinski definition) is 4. The third-order valence-corrected chi connectivity index (χ3v) is 3.88. The van der Waals surface area contributed by atoms with Gasteiger partial charge in [0.25, 0.3) is 6.43 Å². The Morgan fingerprint density at radius 3 is 2.70 bits per heavy atom. The van der Waals surface area contributed by atoms with Gasteiger partial charge in [0.2, 0.25) is 0 Å². The first kappa shape index (κ1) is 13.4. The van der Waals surface area contributed by atoms with Gasteiger partial charge in [-0.15, -0.1) is 0 Å². The van der Waals surface area contributed by atoms with E-state index in [4.69, 9.17) is 0 Å². The number of nitrogens with zero attached hydrogens (tertiary/aromatic N) is 3. The average Bonchev–Trinajstić information content (AvgIpc) is 2.87. The van der Waals surface area contributed by atoms with Crippen molar-refractivity contribution >= 4 is 5.65 Å². The summed E-state index contributed by atoms with van der Waals surface area (Å²) in [7, 11) is 0. The predicted molar refractivity (Wildman–Crippen MR) is 66.6 cm³/mol. The summed E-state index contributed by atoms with van der Waals surface area (Å²) in [4.78, 5) is 4.10. The molecule has 2 aromatic rings. The van der Waals surface area contributed by atoms with Crippen molar-refractivity contribution in [3.63, 3.8) is 0 Å². The second-order valence-corrected chi connectivity index (χ2v) is 5.81. The average molecular weight is 283 g/mol. The van der Waals surface area contributed by atoms with Gasteiger partial charge in [-0.1, -0.05) is 13.8 Å². The summed E-state index contributed by atoms with van der Waals surface area (Å²) in [5, 5.41) is 22.9. The SMILES string of the molecule is CC1(C)CC(C(O)O)c2cnc3cc(C(F)F)nn3c21. The molecule has 2 N–H and O–H groups in total. The van der Waals surface area contributed by atoms with Crippen molar-refractivity contribution in [3.05, 3.63) is 29.2 Å². The summed E-state index contributed by atoms with van der Waals surface area (Å²) >= 11 is 0. The lowest BCUT2D eigenvalue weighted by Crippen LogP contribution is -2.19. The molecule has 1 unspecified atom stereocenters. The smallest absolute Gasteiger partial charge is 0.282 e. The number of rotatable bonds is 2. The van der Waals surface area contributed by atoms with Gasteiger partial charge in [0, 0.05) is 29.2 Å². The molecule has 0 saturated heterocycles. The minimum absolute atomic E-state index is 0.324. The zero-order valence-corrected chi connectivity index (χ0v) is 11.1. The molecular formula is C13H15F2N3O2. The molecule has 0 spiro atoms. The Morgan fingerprint density at radius 1 is 1.40 bits per heavy atom. The van der Waals surface area contributed by atoms with Crippen LogP contribution in [0, 0.1) is 0 Å². The maximum atomic E-state index is 12.8. The van der Waals surface area contributed by atoms with Crippen molar-refractivity contribution in [2.24, 2.45) is 0 Å². The molecule has 0 fully saturated rings. The summed E-state index contributed by atoms with van der Waals surface area (Å²) in [5.41, 5.74) is 1.000. The van der Waals surface area contributed by atoms with Crippen LogP contribution in [-0.2, 0) is 5.41 Å². The topological polar surface area (TPSA) is 70.7 Å². The second-order valence-electron chi connectivity index (χ2n) is 5.81. The quantitative estimate of drug-likeness (QED) is 0.824. The fourth-order valence-corrected chi connectivity index (χ4v) is 3.04. The number of aliphatic hydroxyl groups is 2. The van der Waals surface area contributed by atoms with Crippen LogP contribution in [0.4, 0.5) is 8.78 Å². The Bertz CT molecular complexity index is 667. The number of aliphatic hydroxyl groups excluding tert-OH is 1. The van der Waals surface area contributed by atoms with Crippen LogP contribution < -0.4 is 0 Å². The van der Waals surface area contributed by atoms with E-state index in [1.807, 2.05) is 13.8 Å². The van der Waals surface area contributed by atoms with Crippen LogP contribution in [0.3, 0.4) is 0 Å². The monoisotopic (exact) mass is 283 g/mol. The lowest BCUT2D eigenvalue weighted by atomic mass is 9.89. The Kier molecular flexibility index (Phi) is 2.81. The standard InChI is InChI=1S/C13H15F2N3O2/c1-13(2)4-6(12(19)20)7-5-16-9-3-8(11(14)15)17-18(9)10(7)13/h3,5-6,11-12,19-20H,4H2,1-2H3. The normalized spacial score (nSPS) is 21.1. The van der Waals surface area contributed by atoms with Gasteiger partial charge in [-0.2, -0.15) is 5.10 Å². The van der Waals surface area contributed by atoms with Gasteiger partial charge >= 0.3 is 0 Å². The Balaban J connectivity index is 2.27. The molecule has 0 bridgehead atoms. The predicted octanol–water partition coefficient (Wildman–Crippen LogP) is 1.74. The molecule has 2 aromatic heterocycles. The van der Waals surface area contributed by atoms with E-state index in [1.54, 1.807) is 0 Å². The zero-order valence-electron chi connectivity index (χ0n) is 11.1. The molecule has 1 aliphatic carbocycles. The van der Waals surface area contributed by atoms with Gasteiger partial charge in [-0.05, 0) is 6.42 Å². The van der Waals surface area contributed by atoms with Gasteiger partial charge in [0.1, 0.15) is 5.69 Å². The molecule has 3 rings (SSSR count). The lowest BCUT2D eigenvalue weighted by molar-refractivity contribution is -0.0621. The molecule has 0 aliphatic heterocycles. The maximum absolute atomic E-state index is 12.8. The molecule has 20 heavy (non-hydrogen) atoms. The van der Waals surface area contributed by atoms with E-state index in [0.29, 0.717) is 23.3 Å². The van der Waals surface area contributed by atoms with Crippen LogP contribution in [0.25, 0.3) is 5.65 Å². The highest BCUT2D eigenvalue weighted by atomic mass is 19.3. The fraction of sp³-hybridized carbons (Fsp3) is 0.538. The highest BCUT2D eigenvalue weighted by Crippen LogP contribution is 2.46. The molecule has 1 aliphatic rings. The number of fused-ring (bicyclic) bond motifs is 3. The molecule has 7 heteroatoms. The van der Waals surface area contributed by atoms with Gasteiger partial charge in [0.05, 0.1) is 5.69 Å². The lowest BCUT2D eigenvalue weighted by Gasteiger charge is -2.19. The minimum atomic E-state index is -2.66. The maximum Gasteiger partial charge on any atom is 0.282 e. The van der Waals surface area contributed by atoms with Gasteiger partial charge in [-0.3, -0.25) is 0 Å². The molecule has 0 aromatic carbocycles. The first-order valence-electron chi connectivity index (χ1n) is 6.34. The van der Waals surface area contributed by atoms with E-state index >= 15 is 0 Å². The van der Waals surface area contributed by atoms with E-state index < -0.39 is 24.0 Å². The van der Waals surface area contributed by atoms with Crippen molar-refractivity contribution in [1.82, 2.24) is 14.6 Å². The van der Waals surface area contributed by atoms with E-state index in [2.05, 4.69) is 10.1 Å². The van der Waals surface area contributed by atoms with Gasteiger partial charge < -0.3 is 10.2 Å². The third kappa shape index (κ3) is 1.81. The third-order valence-electron chi connectivity index (χ3n) is 3.88. The fourth-order valence-electron chi connectivity index (χ4n) is 3.04. The summed E-state index contributed by atoms with van der Waals surface area (Å²) in [5.74, 6) is -0.476. The van der Waals surface area contributed by atoms with Crippen LogP contribution in [0.15, 0.2) is 12.3 Å². The summed E-state index contributed by atoms with van der Waals surface area (Å²) < 4.78 is 26.9. The van der Waals surface area contributed by atoms with Crippen LogP contribution in [0.1, 0.15) is 49.6 Å². The van der Waals surface area contributed by atoms with Crippen LogP contribution >= 0.6 is 0 Å². The van der Waals surface area contributed by atoms with Crippen LogP contribution in [0.5, 0.6) is 0 Å². The van der Waals surface area contributed by atoms with Crippen molar-refractivity contribution in [3.8, 4) is 0 Å². The molecule has 0 amide bonds. The molecule has 5 nitrogen and oxygen atoms in total. The van der Waals surface area contributed by atoms with Crippen molar-refractivity contribution in [1.29, 1.82) is 0 Å². The summed E-state index contributed by atoms with van der Waals surface area (Å²) in [6.45, 7) is 3.86. The van der Waals surface area contributed by atoms with E-state index in [-0.39, 0.29) is 5.69 Å². The summed E-state index contributed by atoms with van der Waals surface area (Å²) in [6.07, 6.45) is -2.12. The van der Waals surface area contributed by atoms with Crippen LogP contribution in [-0.4, -0.2) is 31.1 Å². The van der Waals surface area contributed by atoms with E-state index in [1.165, 1.54) is 16.8 Å². The van der Waals surface area contributed by atoms with Crippen molar-refractivity contribution < 1.29 is 19.0 Å². The van der Waals surface area contributed by atoms with Gasteiger partial charge in [0.15, 0.2) is 11.9 Å².